The minimum Gasteiger partial charge on any atom is -0.464 e. The van der Waals surface area contributed by atoms with Crippen molar-refractivity contribution in [2.75, 3.05) is 25.5 Å². The Morgan fingerprint density at radius 1 is 1.04 bits per heavy atom. The third-order valence-corrected chi connectivity index (χ3v) is 3.91. The van der Waals surface area contributed by atoms with E-state index in [2.05, 4.69) is 32.0 Å². The van der Waals surface area contributed by atoms with Crippen LogP contribution in [-0.2, 0) is 0 Å². The van der Waals surface area contributed by atoms with Crippen molar-refractivity contribution in [3.05, 3.63) is 60.2 Å². The number of para-hydroxylation sites is 1. The van der Waals surface area contributed by atoms with Gasteiger partial charge in [-0.15, -0.1) is 0 Å². The van der Waals surface area contributed by atoms with Crippen molar-refractivity contribution in [2.24, 2.45) is 0 Å². The Bertz CT molecular complexity index is 641. The first-order valence-corrected chi connectivity index (χ1v) is 7.82. The van der Waals surface area contributed by atoms with E-state index in [0.717, 1.165) is 18.5 Å². The molecule has 1 atom stereocenters. The zero-order chi connectivity index (χ0) is 16.8. The maximum atomic E-state index is 11.7. The Hall–Kier alpha value is -2.33. The highest BCUT2D eigenvalue weighted by Gasteiger charge is 2.17. The molecule has 2 rings (SSSR count). The number of rotatable bonds is 6. The number of hydrogen-bond acceptors (Lipinski definition) is 2. The third-order valence-electron chi connectivity index (χ3n) is 3.91. The topological polar surface area (TPSA) is 43.8 Å². The number of benzene rings is 2. The average molecular weight is 312 g/mol. The molecular formula is C19H24N2O2. The molecule has 1 N–H and O–H groups in total. The Morgan fingerprint density at radius 2 is 1.70 bits per heavy atom. The molecule has 0 aromatic heterocycles. The molecule has 4 heteroatoms. The maximum absolute atomic E-state index is 11.7. The summed E-state index contributed by atoms with van der Waals surface area (Å²) in [5.74, 6) is 0.378. The van der Waals surface area contributed by atoms with E-state index in [1.165, 1.54) is 4.90 Å². The van der Waals surface area contributed by atoms with Gasteiger partial charge in [-0.25, -0.2) is 9.69 Å². The van der Waals surface area contributed by atoms with Crippen molar-refractivity contribution in [3.63, 3.8) is 0 Å². The summed E-state index contributed by atoms with van der Waals surface area (Å²) in [4.78, 5) is 15.2. The van der Waals surface area contributed by atoms with Crippen LogP contribution >= 0.6 is 0 Å². The molecule has 0 radical (unpaired) electrons. The summed E-state index contributed by atoms with van der Waals surface area (Å²) in [5, 5.41) is 9.61. The van der Waals surface area contributed by atoms with Gasteiger partial charge in [0, 0.05) is 0 Å². The van der Waals surface area contributed by atoms with Gasteiger partial charge < -0.3 is 10.0 Å². The van der Waals surface area contributed by atoms with Crippen LogP contribution in [0, 0.1) is 0 Å². The smallest absolute Gasteiger partial charge is 0.416 e. The van der Waals surface area contributed by atoms with E-state index < -0.39 is 6.09 Å². The number of carboxylic acid groups (broad SMARTS) is 1. The van der Waals surface area contributed by atoms with Crippen molar-refractivity contribution in [3.8, 4) is 0 Å². The summed E-state index contributed by atoms with van der Waals surface area (Å²) >= 11 is 0. The molecule has 0 aliphatic heterocycles. The van der Waals surface area contributed by atoms with E-state index in [4.69, 9.17) is 0 Å². The predicted molar refractivity (Wildman–Crippen MR) is 94.6 cm³/mol. The van der Waals surface area contributed by atoms with Crippen LogP contribution in [0.25, 0.3) is 0 Å². The van der Waals surface area contributed by atoms with Crippen molar-refractivity contribution >= 4 is 17.5 Å². The molecule has 0 bridgehead atoms. The van der Waals surface area contributed by atoms with Gasteiger partial charge in [0.2, 0.25) is 0 Å². The number of carbonyl (C=O) groups is 1. The van der Waals surface area contributed by atoms with Crippen molar-refractivity contribution < 1.29 is 9.90 Å². The highest BCUT2D eigenvalue weighted by atomic mass is 16.4. The van der Waals surface area contributed by atoms with E-state index in [1.807, 2.05) is 36.4 Å². The second-order valence-electron chi connectivity index (χ2n) is 6.04. The molecule has 23 heavy (non-hydrogen) atoms. The first-order chi connectivity index (χ1) is 11.0. The highest BCUT2D eigenvalue weighted by molar-refractivity contribution is 5.94. The molecule has 0 saturated heterocycles. The second-order valence-corrected chi connectivity index (χ2v) is 6.04. The fraction of sp³-hybridized carbons (Fsp3) is 0.316. The molecule has 0 heterocycles. The van der Waals surface area contributed by atoms with Gasteiger partial charge in [-0.2, -0.15) is 0 Å². The standard InChI is InChI=1S/C19H24N2O2/c1-15(12-13-20(2)3)16-8-7-11-18(14-16)21(19(22)23)17-9-5-4-6-10-17/h4-11,14-15H,12-13H2,1-3H3,(H,22,23). The fourth-order valence-electron chi connectivity index (χ4n) is 2.54. The van der Waals surface area contributed by atoms with Gasteiger partial charge in [0.15, 0.2) is 0 Å². The minimum atomic E-state index is -0.978. The fourth-order valence-corrected chi connectivity index (χ4v) is 2.54. The van der Waals surface area contributed by atoms with Crippen LogP contribution in [0.15, 0.2) is 54.6 Å². The lowest BCUT2D eigenvalue weighted by Crippen LogP contribution is -2.23. The number of nitrogens with zero attached hydrogens (tertiary/aromatic N) is 2. The summed E-state index contributed by atoms with van der Waals surface area (Å²) in [6, 6.07) is 17.0. The normalized spacial score (nSPS) is 12.2. The molecule has 1 amide bonds. The van der Waals surface area contributed by atoms with Crippen LogP contribution in [0.3, 0.4) is 0 Å². The van der Waals surface area contributed by atoms with Gasteiger partial charge in [0.25, 0.3) is 0 Å². The van der Waals surface area contributed by atoms with E-state index in [1.54, 1.807) is 12.1 Å². The van der Waals surface area contributed by atoms with E-state index in [-0.39, 0.29) is 0 Å². The molecule has 0 aliphatic carbocycles. The van der Waals surface area contributed by atoms with E-state index in [0.29, 0.717) is 17.3 Å². The summed E-state index contributed by atoms with van der Waals surface area (Å²) < 4.78 is 0. The quantitative estimate of drug-likeness (QED) is 0.850. The minimum absolute atomic E-state index is 0.378. The maximum Gasteiger partial charge on any atom is 0.416 e. The summed E-state index contributed by atoms with van der Waals surface area (Å²) in [6.07, 6.45) is 0.0591. The molecule has 0 spiro atoms. The number of anilines is 2. The molecule has 0 saturated carbocycles. The Labute approximate surface area is 138 Å². The molecule has 0 aliphatic rings. The van der Waals surface area contributed by atoms with Gasteiger partial charge in [-0.05, 0) is 62.8 Å². The van der Waals surface area contributed by atoms with Crippen molar-refractivity contribution in [1.29, 1.82) is 0 Å². The Morgan fingerprint density at radius 3 is 2.30 bits per heavy atom. The largest absolute Gasteiger partial charge is 0.464 e. The highest BCUT2D eigenvalue weighted by Crippen LogP contribution is 2.29. The Balaban J connectivity index is 2.28. The third kappa shape index (κ3) is 4.57. The summed E-state index contributed by atoms with van der Waals surface area (Å²) in [5.41, 5.74) is 2.49. The molecule has 0 fully saturated rings. The van der Waals surface area contributed by atoms with Crippen LogP contribution in [0.5, 0.6) is 0 Å². The van der Waals surface area contributed by atoms with Gasteiger partial charge >= 0.3 is 6.09 Å². The van der Waals surface area contributed by atoms with E-state index >= 15 is 0 Å². The SMILES string of the molecule is CC(CCN(C)C)c1cccc(N(C(=O)O)c2ccccc2)c1. The average Bonchev–Trinajstić information content (AvgIpc) is 2.53. The lowest BCUT2D eigenvalue weighted by Gasteiger charge is -2.22. The summed E-state index contributed by atoms with van der Waals surface area (Å²) in [7, 11) is 4.12. The monoisotopic (exact) mass is 312 g/mol. The van der Waals surface area contributed by atoms with Crippen LogP contribution in [0.4, 0.5) is 16.2 Å². The van der Waals surface area contributed by atoms with Gasteiger partial charge in [0.1, 0.15) is 0 Å². The zero-order valence-corrected chi connectivity index (χ0v) is 13.9. The molecule has 4 nitrogen and oxygen atoms in total. The molecule has 2 aromatic rings. The molecule has 1 unspecified atom stereocenters. The first kappa shape index (κ1) is 17.0. The van der Waals surface area contributed by atoms with Gasteiger partial charge in [-0.3, -0.25) is 0 Å². The van der Waals surface area contributed by atoms with Crippen LogP contribution < -0.4 is 4.90 Å². The lowest BCUT2D eigenvalue weighted by atomic mass is 9.97. The molecule has 122 valence electrons. The first-order valence-electron chi connectivity index (χ1n) is 7.82. The second kappa shape index (κ2) is 7.79. The predicted octanol–water partition coefficient (Wildman–Crippen LogP) is 4.56. The van der Waals surface area contributed by atoms with E-state index in [9.17, 15) is 9.90 Å². The number of hydrogen-bond donors (Lipinski definition) is 1. The van der Waals surface area contributed by atoms with Gasteiger partial charge in [-0.1, -0.05) is 37.3 Å². The zero-order valence-electron chi connectivity index (χ0n) is 13.9. The van der Waals surface area contributed by atoms with Crippen molar-refractivity contribution in [1.82, 2.24) is 4.90 Å². The Kier molecular flexibility index (Phi) is 5.77. The van der Waals surface area contributed by atoms with Crippen LogP contribution in [0.2, 0.25) is 0 Å². The van der Waals surface area contributed by atoms with Crippen LogP contribution in [-0.4, -0.2) is 36.7 Å². The van der Waals surface area contributed by atoms with Crippen molar-refractivity contribution in [2.45, 2.75) is 19.3 Å². The molecular weight excluding hydrogens is 288 g/mol. The lowest BCUT2D eigenvalue weighted by molar-refractivity contribution is 0.205. The van der Waals surface area contributed by atoms with Crippen LogP contribution in [0.1, 0.15) is 24.8 Å². The molecule has 2 aromatic carbocycles. The summed E-state index contributed by atoms with van der Waals surface area (Å²) in [6.45, 7) is 3.18. The van der Waals surface area contributed by atoms with Gasteiger partial charge in [0.05, 0.1) is 11.4 Å². The number of amides is 1.